The third-order valence-electron chi connectivity index (χ3n) is 6.61. The number of nitrogens with zero attached hydrogens (tertiary/aromatic N) is 3. The molecular formula is C19H25N3O5S. The fourth-order valence-electron chi connectivity index (χ4n) is 5.05. The van der Waals surface area contributed by atoms with Crippen LogP contribution in [0.4, 0.5) is 5.69 Å². The highest BCUT2D eigenvalue weighted by atomic mass is 32.2. The number of amides is 1. The van der Waals surface area contributed by atoms with Gasteiger partial charge in [-0.2, -0.15) is 4.31 Å². The summed E-state index contributed by atoms with van der Waals surface area (Å²) in [6, 6.07) is 3.89. The number of nitro benzene ring substituents is 1. The highest BCUT2D eigenvalue weighted by Crippen LogP contribution is 2.49. The van der Waals surface area contributed by atoms with Crippen molar-refractivity contribution in [3.05, 3.63) is 33.9 Å². The summed E-state index contributed by atoms with van der Waals surface area (Å²) in [4.78, 5) is 25.1. The van der Waals surface area contributed by atoms with Crippen LogP contribution in [0.1, 0.15) is 31.2 Å². The molecule has 1 saturated heterocycles. The number of carbonyl (C=O) groups is 1. The first-order valence-corrected chi connectivity index (χ1v) is 11.3. The standard InChI is InChI=1S/C19H25N3O5S/c1-13-2-5-16(22(24)25)12-18(13)28(26,27)21-8-6-20(7-9-21)19(23)17-11-14-3-4-15(17)10-14/h2,5,12,14-15,17H,3-4,6-11H2,1H3/t14-,15-,17+/m0/s1. The van der Waals surface area contributed by atoms with Crippen molar-refractivity contribution in [2.75, 3.05) is 26.2 Å². The van der Waals surface area contributed by atoms with Crippen LogP contribution in [0.25, 0.3) is 0 Å². The van der Waals surface area contributed by atoms with Crippen molar-refractivity contribution >= 4 is 21.6 Å². The lowest BCUT2D eigenvalue weighted by atomic mass is 9.87. The van der Waals surface area contributed by atoms with Crippen LogP contribution in [0.5, 0.6) is 0 Å². The molecule has 0 unspecified atom stereocenters. The highest BCUT2D eigenvalue weighted by molar-refractivity contribution is 7.89. The number of aryl methyl sites for hydroxylation is 1. The number of nitro groups is 1. The summed E-state index contributed by atoms with van der Waals surface area (Å²) >= 11 is 0. The molecule has 1 heterocycles. The number of benzene rings is 1. The first-order chi connectivity index (χ1) is 13.3. The summed E-state index contributed by atoms with van der Waals surface area (Å²) in [6.45, 7) is 2.82. The van der Waals surface area contributed by atoms with Crippen LogP contribution in [0.2, 0.25) is 0 Å². The van der Waals surface area contributed by atoms with E-state index in [9.17, 15) is 23.3 Å². The van der Waals surface area contributed by atoms with Crippen LogP contribution in [0.3, 0.4) is 0 Å². The second-order valence-electron chi connectivity index (χ2n) is 8.22. The minimum atomic E-state index is -3.83. The molecule has 152 valence electrons. The minimum Gasteiger partial charge on any atom is -0.340 e. The zero-order chi connectivity index (χ0) is 20.1. The second-order valence-corrected chi connectivity index (χ2v) is 10.1. The van der Waals surface area contributed by atoms with Crippen LogP contribution in [0.15, 0.2) is 23.1 Å². The molecule has 1 aromatic carbocycles. The Morgan fingerprint density at radius 2 is 1.86 bits per heavy atom. The van der Waals surface area contributed by atoms with Gasteiger partial charge in [0.25, 0.3) is 5.69 Å². The molecule has 4 rings (SSSR count). The van der Waals surface area contributed by atoms with Crippen LogP contribution in [0, 0.1) is 34.8 Å². The quantitative estimate of drug-likeness (QED) is 0.562. The number of fused-ring (bicyclic) bond motifs is 2. The van der Waals surface area contributed by atoms with E-state index in [2.05, 4.69) is 0 Å². The molecule has 2 saturated carbocycles. The summed E-state index contributed by atoms with van der Waals surface area (Å²) in [6.07, 6.45) is 4.52. The van der Waals surface area contributed by atoms with E-state index in [1.165, 1.54) is 22.9 Å². The Labute approximate surface area is 164 Å². The lowest BCUT2D eigenvalue weighted by Crippen LogP contribution is -2.52. The normalized spacial score (nSPS) is 27.9. The Morgan fingerprint density at radius 1 is 1.14 bits per heavy atom. The van der Waals surface area contributed by atoms with Crippen LogP contribution >= 0.6 is 0 Å². The summed E-state index contributed by atoms with van der Waals surface area (Å²) < 4.78 is 27.4. The largest absolute Gasteiger partial charge is 0.340 e. The van der Waals surface area contributed by atoms with Crippen LogP contribution in [-0.4, -0.2) is 54.6 Å². The predicted molar refractivity (Wildman–Crippen MR) is 102 cm³/mol. The van der Waals surface area contributed by atoms with E-state index < -0.39 is 14.9 Å². The number of piperazine rings is 1. The summed E-state index contributed by atoms with van der Waals surface area (Å²) in [5, 5.41) is 11.0. The highest BCUT2D eigenvalue weighted by Gasteiger charge is 2.45. The van der Waals surface area contributed by atoms with E-state index in [1.54, 1.807) is 11.8 Å². The first-order valence-electron chi connectivity index (χ1n) is 9.81. The Kier molecular flexibility index (Phi) is 4.91. The van der Waals surface area contributed by atoms with Gasteiger partial charge in [0.2, 0.25) is 15.9 Å². The maximum absolute atomic E-state index is 13.0. The van der Waals surface area contributed by atoms with Crippen molar-refractivity contribution in [2.24, 2.45) is 17.8 Å². The number of non-ortho nitro benzene ring substituents is 1. The van der Waals surface area contributed by atoms with Crippen molar-refractivity contribution in [3.8, 4) is 0 Å². The van der Waals surface area contributed by atoms with Gasteiger partial charge in [-0.05, 0) is 43.6 Å². The maximum Gasteiger partial charge on any atom is 0.270 e. The Balaban J connectivity index is 1.45. The molecule has 3 fully saturated rings. The number of carbonyl (C=O) groups excluding carboxylic acids is 1. The molecule has 3 aliphatic rings. The van der Waals surface area contributed by atoms with E-state index in [0.717, 1.165) is 25.3 Å². The van der Waals surface area contributed by atoms with Crippen molar-refractivity contribution < 1.29 is 18.1 Å². The molecule has 0 aromatic heterocycles. The molecule has 1 aromatic rings. The molecule has 2 bridgehead atoms. The van der Waals surface area contributed by atoms with Gasteiger partial charge in [-0.1, -0.05) is 12.5 Å². The average molecular weight is 407 g/mol. The molecule has 2 aliphatic carbocycles. The Bertz CT molecular complexity index is 908. The summed E-state index contributed by atoms with van der Waals surface area (Å²) in [5.74, 6) is 1.49. The van der Waals surface area contributed by atoms with Gasteiger partial charge in [0.05, 0.1) is 9.82 Å². The molecule has 1 aliphatic heterocycles. The van der Waals surface area contributed by atoms with Crippen LogP contribution < -0.4 is 0 Å². The number of sulfonamides is 1. The molecule has 28 heavy (non-hydrogen) atoms. The summed E-state index contributed by atoms with van der Waals surface area (Å²) in [7, 11) is -3.83. The predicted octanol–water partition coefficient (Wildman–Crippen LogP) is 2.17. The monoisotopic (exact) mass is 407 g/mol. The Hall–Kier alpha value is -2.00. The first kappa shape index (κ1) is 19.3. The topological polar surface area (TPSA) is 101 Å². The third-order valence-corrected chi connectivity index (χ3v) is 8.65. The fourth-order valence-corrected chi connectivity index (χ4v) is 6.72. The zero-order valence-corrected chi connectivity index (χ0v) is 16.7. The number of hydrogen-bond acceptors (Lipinski definition) is 5. The molecule has 3 atom stereocenters. The average Bonchev–Trinajstić information content (AvgIpc) is 3.31. The van der Waals surface area contributed by atoms with Gasteiger partial charge in [0.1, 0.15) is 0 Å². The third kappa shape index (κ3) is 3.30. The van der Waals surface area contributed by atoms with Crippen molar-refractivity contribution in [1.29, 1.82) is 0 Å². The summed E-state index contributed by atoms with van der Waals surface area (Å²) in [5.41, 5.74) is 0.236. The molecule has 0 N–H and O–H groups in total. The molecule has 0 spiro atoms. The van der Waals surface area contributed by atoms with Gasteiger partial charge < -0.3 is 4.90 Å². The molecule has 8 nitrogen and oxygen atoms in total. The van der Waals surface area contributed by atoms with E-state index in [1.807, 2.05) is 0 Å². The van der Waals surface area contributed by atoms with E-state index in [0.29, 0.717) is 30.5 Å². The lowest BCUT2D eigenvalue weighted by molar-refractivity contribution is -0.385. The van der Waals surface area contributed by atoms with Gasteiger partial charge >= 0.3 is 0 Å². The van der Waals surface area contributed by atoms with Gasteiger partial charge in [-0.25, -0.2) is 8.42 Å². The maximum atomic E-state index is 13.0. The van der Waals surface area contributed by atoms with Gasteiger partial charge in [0, 0.05) is 44.2 Å². The second kappa shape index (κ2) is 7.11. The Morgan fingerprint density at radius 3 is 2.43 bits per heavy atom. The van der Waals surface area contributed by atoms with Crippen molar-refractivity contribution in [2.45, 2.75) is 37.5 Å². The van der Waals surface area contributed by atoms with E-state index in [-0.39, 0.29) is 35.5 Å². The molecule has 1 amide bonds. The van der Waals surface area contributed by atoms with Gasteiger partial charge in [-0.15, -0.1) is 0 Å². The van der Waals surface area contributed by atoms with E-state index in [4.69, 9.17) is 0 Å². The van der Waals surface area contributed by atoms with Crippen molar-refractivity contribution in [1.82, 2.24) is 9.21 Å². The number of rotatable bonds is 4. The smallest absolute Gasteiger partial charge is 0.270 e. The fraction of sp³-hybridized carbons (Fsp3) is 0.632. The molecule has 9 heteroatoms. The molecule has 0 radical (unpaired) electrons. The van der Waals surface area contributed by atoms with Gasteiger partial charge in [-0.3, -0.25) is 14.9 Å². The number of hydrogen-bond donors (Lipinski definition) is 0. The van der Waals surface area contributed by atoms with Gasteiger partial charge in [0.15, 0.2) is 0 Å². The van der Waals surface area contributed by atoms with Crippen molar-refractivity contribution in [3.63, 3.8) is 0 Å². The molecular weight excluding hydrogens is 382 g/mol. The van der Waals surface area contributed by atoms with E-state index >= 15 is 0 Å². The SMILES string of the molecule is Cc1ccc([N+](=O)[O-])cc1S(=O)(=O)N1CCN(C(=O)[C@@H]2C[C@H]3CC[C@H]2C3)CC1. The zero-order valence-electron chi connectivity index (χ0n) is 15.9. The minimum absolute atomic E-state index is 0.0328. The van der Waals surface area contributed by atoms with Crippen LogP contribution in [-0.2, 0) is 14.8 Å². The lowest BCUT2D eigenvalue weighted by Gasteiger charge is -2.36.